The fourth-order valence-electron chi connectivity index (χ4n) is 1.77. The summed E-state index contributed by atoms with van der Waals surface area (Å²) in [6, 6.07) is 7.44. The Bertz CT molecular complexity index is 573. The highest BCUT2D eigenvalue weighted by molar-refractivity contribution is 5.74. The van der Waals surface area contributed by atoms with Gasteiger partial charge in [-0.1, -0.05) is 12.1 Å². The van der Waals surface area contributed by atoms with Crippen LogP contribution in [0.25, 0.3) is 11.0 Å². The van der Waals surface area contributed by atoms with Crippen LogP contribution in [0.5, 0.6) is 0 Å². The smallest absolute Gasteiger partial charge is 0.272 e. The van der Waals surface area contributed by atoms with Crippen LogP contribution in [-0.4, -0.2) is 20.8 Å². The zero-order chi connectivity index (χ0) is 11.7. The second-order valence-electron chi connectivity index (χ2n) is 3.95. The zero-order valence-corrected chi connectivity index (χ0v) is 9.34. The molecule has 2 aromatic rings. The van der Waals surface area contributed by atoms with Crippen LogP contribution in [0.1, 0.15) is 12.6 Å². The molecule has 4 heteroatoms. The Balaban J connectivity index is 2.76. The summed E-state index contributed by atoms with van der Waals surface area (Å²) in [6.45, 7) is 3.65. The van der Waals surface area contributed by atoms with Gasteiger partial charge in [-0.05, 0) is 26.0 Å². The van der Waals surface area contributed by atoms with E-state index in [0.717, 1.165) is 11.0 Å². The highest BCUT2D eigenvalue weighted by Crippen LogP contribution is 2.09. The largest absolute Gasteiger partial charge is 0.392 e. The van der Waals surface area contributed by atoms with Crippen molar-refractivity contribution in [2.24, 2.45) is 0 Å². The van der Waals surface area contributed by atoms with Gasteiger partial charge in [0.05, 0.1) is 23.7 Å². The van der Waals surface area contributed by atoms with Crippen molar-refractivity contribution in [1.29, 1.82) is 0 Å². The predicted molar refractivity (Wildman–Crippen MR) is 62.4 cm³/mol. The van der Waals surface area contributed by atoms with E-state index in [9.17, 15) is 9.90 Å². The molecule has 0 amide bonds. The lowest BCUT2D eigenvalue weighted by Gasteiger charge is -2.12. The SMILES string of the molecule is Cc1nc2ccccc2n(CC(C)O)c1=O. The lowest BCUT2D eigenvalue weighted by atomic mass is 10.2. The molecule has 0 bridgehead atoms. The maximum absolute atomic E-state index is 11.9. The Labute approximate surface area is 93.2 Å². The first-order valence-corrected chi connectivity index (χ1v) is 5.24. The highest BCUT2D eigenvalue weighted by atomic mass is 16.3. The van der Waals surface area contributed by atoms with Crippen molar-refractivity contribution in [3.05, 3.63) is 40.3 Å². The lowest BCUT2D eigenvalue weighted by molar-refractivity contribution is 0.173. The van der Waals surface area contributed by atoms with Crippen LogP contribution < -0.4 is 5.56 Å². The highest BCUT2D eigenvalue weighted by Gasteiger charge is 2.08. The molecular formula is C12H14N2O2. The van der Waals surface area contributed by atoms with Crippen LogP contribution in [0.4, 0.5) is 0 Å². The van der Waals surface area contributed by atoms with E-state index in [1.54, 1.807) is 18.4 Å². The van der Waals surface area contributed by atoms with Crippen molar-refractivity contribution in [2.45, 2.75) is 26.5 Å². The van der Waals surface area contributed by atoms with Crippen molar-refractivity contribution >= 4 is 11.0 Å². The topological polar surface area (TPSA) is 55.1 Å². The van der Waals surface area contributed by atoms with Crippen molar-refractivity contribution in [2.75, 3.05) is 0 Å². The molecule has 84 valence electrons. The summed E-state index contributed by atoms with van der Waals surface area (Å²) in [5, 5.41) is 9.40. The van der Waals surface area contributed by atoms with Crippen LogP contribution in [0.2, 0.25) is 0 Å². The van der Waals surface area contributed by atoms with Crippen molar-refractivity contribution in [3.63, 3.8) is 0 Å². The quantitative estimate of drug-likeness (QED) is 0.820. The summed E-state index contributed by atoms with van der Waals surface area (Å²) in [5.41, 5.74) is 1.86. The maximum atomic E-state index is 11.9. The van der Waals surface area contributed by atoms with Crippen LogP contribution in [0, 0.1) is 6.92 Å². The maximum Gasteiger partial charge on any atom is 0.272 e. The fourth-order valence-corrected chi connectivity index (χ4v) is 1.77. The molecule has 0 radical (unpaired) electrons. The standard InChI is InChI=1S/C12H14N2O2/c1-8(15)7-14-11-6-4-3-5-10(11)13-9(2)12(14)16/h3-6,8,15H,7H2,1-2H3. The molecule has 0 aliphatic heterocycles. The van der Waals surface area contributed by atoms with Gasteiger partial charge in [0, 0.05) is 0 Å². The average Bonchev–Trinajstić information content (AvgIpc) is 2.24. The first-order valence-electron chi connectivity index (χ1n) is 5.24. The second kappa shape index (κ2) is 4.06. The van der Waals surface area contributed by atoms with E-state index in [1.807, 2.05) is 24.3 Å². The van der Waals surface area contributed by atoms with E-state index in [2.05, 4.69) is 4.98 Å². The van der Waals surface area contributed by atoms with Crippen LogP contribution >= 0.6 is 0 Å². The number of fused-ring (bicyclic) bond motifs is 1. The Kier molecular flexibility index (Phi) is 2.75. The molecule has 1 N–H and O–H groups in total. The van der Waals surface area contributed by atoms with Gasteiger partial charge in [-0.25, -0.2) is 4.98 Å². The molecule has 0 aliphatic carbocycles. The van der Waals surface area contributed by atoms with Gasteiger partial charge in [0.1, 0.15) is 5.69 Å². The molecule has 0 saturated heterocycles. The monoisotopic (exact) mass is 218 g/mol. The molecule has 1 heterocycles. The van der Waals surface area contributed by atoms with Gasteiger partial charge < -0.3 is 9.67 Å². The van der Waals surface area contributed by atoms with E-state index in [1.165, 1.54) is 0 Å². The van der Waals surface area contributed by atoms with E-state index in [0.29, 0.717) is 12.2 Å². The molecule has 1 aromatic carbocycles. The van der Waals surface area contributed by atoms with Gasteiger partial charge in [0.2, 0.25) is 0 Å². The third-order valence-electron chi connectivity index (χ3n) is 2.46. The normalized spacial score (nSPS) is 12.9. The molecule has 0 fully saturated rings. The molecule has 0 saturated carbocycles. The molecule has 1 aromatic heterocycles. The number of aryl methyl sites for hydroxylation is 1. The van der Waals surface area contributed by atoms with E-state index >= 15 is 0 Å². The van der Waals surface area contributed by atoms with Gasteiger partial charge in [-0.15, -0.1) is 0 Å². The molecule has 0 spiro atoms. The minimum atomic E-state index is -0.553. The van der Waals surface area contributed by atoms with Gasteiger partial charge in [-0.2, -0.15) is 0 Å². The van der Waals surface area contributed by atoms with Crippen molar-refractivity contribution < 1.29 is 5.11 Å². The number of aliphatic hydroxyl groups excluding tert-OH is 1. The number of para-hydroxylation sites is 2. The number of nitrogens with zero attached hydrogens (tertiary/aromatic N) is 2. The molecule has 0 aliphatic rings. The Morgan fingerprint density at radius 1 is 1.44 bits per heavy atom. The second-order valence-corrected chi connectivity index (χ2v) is 3.95. The minimum Gasteiger partial charge on any atom is -0.392 e. The summed E-state index contributed by atoms with van der Waals surface area (Å²) in [6.07, 6.45) is -0.553. The van der Waals surface area contributed by atoms with Crippen LogP contribution in [0.15, 0.2) is 29.1 Å². The molecule has 2 rings (SSSR count). The predicted octanol–water partition coefficient (Wildman–Crippen LogP) is 1.09. The Morgan fingerprint density at radius 3 is 2.81 bits per heavy atom. The molecule has 1 unspecified atom stereocenters. The summed E-state index contributed by atoms with van der Waals surface area (Å²) >= 11 is 0. The average molecular weight is 218 g/mol. The van der Waals surface area contributed by atoms with E-state index in [4.69, 9.17) is 0 Å². The van der Waals surface area contributed by atoms with E-state index in [-0.39, 0.29) is 5.56 Å². The summed E-state index contributed by atoms with van der Waals surface area (Å²) < 4.78 is 1.57. The lowest BCUT2D eigenvalue weighted by Crippen LogP contribution is -2.28. The number of hydrogen-bond donors (Lipinski definition) is 1. The molecule has 1 atom stereocenters. The summed E-state index contributed by atoms with van der Waals surface area (Å²) in [7, 11) is 0. The first-order chi connectivity index (χ1) is 7.59. The number of aliphatic hydroxyl groups is 1. The Hall–Kier alpha value is -1.68. The van der Waals surface area contributed by atoms with Crippen LogP contribution in [-0.2, 0) is 6.54 Å². The van der Waals surface area contributed by atoms with Gasteiger partial charge in [0.25, 0.3) is 5.56 Å². The number of hydrogen-bond acceptors (Lipinski definition) is 3. The number of rotatable bonds is 2. The molecule has 16 heavy (non-hydrogen) atoms. The summed E-state index contributed by atoms with van der Waals surface area (Å²) in [5.74, 6) is 0. The molecule has 4 nitrogen and oxygen atoms in total. The minimum absolute atomic E-state index is 0.139. The zero-order valence-electron chi connectivity index (χ0n) is 9.34. The first kappa shape index (κ1) is 10.8. The van der Waals surface area contributed by atoms with Crippen molar-refractivity contribution in [3.8, 4) is 0 Å². The number of aromatic nitrogens is 2. The van der Waals surface area contributed by atoms with E-state index < -0.39 is 6.10 Å². The summed E-state index contributed by atoms with van der Waals surface area (Å²) in [4.78, 5) is 16.1. The molecular weight excluding hydrogens is 204 g/mol. The third kappa shape index (κ3) is 1.84. The van der Waals surface area contributed by atoms with Gasteiger partial charge in [-0.3, -0.25) is 4.79 Å². The van der Waals surface area contributed by atoms with Crippen molar-refractivity contribution in [1.82, 2.24) is 9.55 Å². The third-order valence-corrected chi connectivity index (χ3v) is 2.46. The van der Waals surface area contributed by atoms with Gasteiger partial charge >= 0.3 is 0 Å². The van der Waals surface area contributed by atoms with Gasteiger partial charge in [0.15, 0.2) is 0 Å². The number of benzene rings is 1. The Morgan fingerprint density at radius 2 is 2.12 bits per heavy atom. The fraction of sp³-hybridized carbons (Fsp3) is 0.333. The van der Waals surface area contributed by atoms with Crippen LogP contribution in [0.3, 0.4) is 0 Å².